The molecule has 2 heterocycles. The summed E-state index contributed by atoms with van der Waals surface area (Å²) in [5.41, 5.74) is 3.06. The zero-order valence-corrected chi connectivity index (χ0v) is 10.7. The van der Waals surface area contributed by atoms with E-state index in [9.17, 15) is 0 Å². The van der Waals surface area contributed by atoms with Gasteiger partial charge in [0.05, 0.1) is 23.6 Å². The van der Waals surface area contributed by atoms with Crippen LogP contribution in [0, 0.1) is 13.8 Å². The smallest absolute Gasteiger partial charge is 0.213 e. The third-order valence-electron chi connectivity index (χ3n) is 2.74. The quantitative estimate of drug-likeness (QED) is 0.881. The van der Waals surface area contributed by atoms with Gasteiger partial charge in [-0.3, -0.25) is 4.68 Å². The van der Waals surface area contributed by atoms with E-state index in [4.69, 9.17) is 4.42 Å². The van der Waals surface area contributed by atoms with Gasteiger partial charge in [-0.15, -0.1) is 0 Å². The number of hydrogen-bond donors (Lipinski definition) is 1. The SMILES string of the molecule is CCc1nn(C)cc1NCc1nc(C)c(C)o1. The van der Waals surface area contributed by atoms with Crippen molar-refractivity contribution in [2.24, 2.45) is 7.05 Å². The van der Waals surface area contributed by atoms with Crippen molar-refractivity contribution in [3.05, 3.63) is 29.2 Å². The number of hydrogen-bond acceptors (Lipinski definition) is 4. The first-order valence-electron chi connectivity index (χ1n) is 5.79. The lowest BCUT2D eigenvalue weighted by Crippen LogP contribution is -2.01. The highest BCUT2D eigenvalue weighted by Crippen LogP contribution is 2.15. The van der Waals surface area contributed by atoms with Gasteiger partial charge in [-0.25, -0.2) is 4.98 Å². The Morgan fingerprint density at radius 2 is 2.18 bits per heavy atom. The zero-order valence-electron chi connectivity index (χ0n) is 10.7. The maximum absolute atomic E-state index is 5.52. The molecular formula is C12H18N4O. The molecule has 0 aromatic carbocycles. The highest BCUT2D eigenvalue weighted by Gasteiger charge is 2.08. The van der Waals surface area contributed by atoms with Crippen LogP contribution in [0.1, 0.15) is 30.0 Å². The molecule has 0 aliphatic rings. The molecular weight excluding hydrogens is 216 g/mol. The summed E-state index contributed by atoms with van der Waals surface area (Å²) in [6.07, 6.45) is 2.88. The Hall–Kier alpha value is -1.78. The molecule has 2 rings (SSSR count). The van der Waals surface area contributed by atoms with Crippen molar-refractivity contribution in [3.8, 4) is 0 Å². The van der Waals surface area contributed by atoms with Gasteiger partial charge in [-0.1, -0.05) is 6.92 Å². The Labute approximate surface area is 101 Å². The van der Waals surface area contributed by atoms with E-state index in [0.717, 1.165) is 29.3 Å². The molecule has 5 nitrogen and oxygen atoms in total. The van der Waals surface area contributed by atoms with E-state index in [1.807, 2.05) is 31.8 Å². The van der Waals surface area contributed by atoms with Crippen LogP contribution >= 0.6 is 0 Å². The van der Waals surface area contributed by atoms with E-state index in [0.29, 0.717) is 12.4 Å². The third kappa shape index (κ3) is 2.49. The van der Waals surface area contributed by atoms with Crippen molar-refractivity contribution in [1.29, 1.82) is 0 Å². The topological polar surface area (TPSA) is 55.9 Å². The molecule has 0 saturated carbocycles. The van der Waals surface area contributed by atoms with Crippen molar-refractivity contribution in [2.45, 2.75) is 33.7 Å². The molecule has 0 aliphatic carbocycles. The molecule has 0 aliphatic heterocycles. The minimum absolute atomic E-state index is 0.591. The molecule has 0 atom stereocenters. The Morgan fingerprint density at radius 1 is 1.41 bits per heavy atom. The first kappa shape index (κ1) is 11.7. The number of aromatic nitrogens is 3. The van der Waals surface area contributed by atoms with Crippen LogP contribution in [0.15, 0.2) is 10.6 Å². The van der Waals surface area contributed by atoms with Gasteiger partial charge in [-0.2, -0.15) is 5.10 Å². The molecule has 0 spiro atoms. The van der Waals surface area contributed by atoms with E-state index >= 15 is 0 Å². The van der Waals surface area contributed by atoms with Crippen LogP contribution < -0.4 is 5.32 Å². The Bertz CT molecular complexity index is 493. The molecule has 0 amide bonds. The Kier molecular flexibility index (Phi) is 3.17. The summed E-state index contributed by atoms with van der Waals surface area (Å²) in [4.78, 5) is 4.33. The normalized spacial score (nSPS) is 10.8. The summed E-state index contributed by atoms with van der Waals surface area (Å²) in [5, 5.41) is 7.67. The lowest BCUT2D eigenvalue weighted by molar-refractivity contribution is 0.478. The summed E-state index contributed by atoms with van der Waals surface area (Å²) < 4.78 is 7.33. The molecule has 2 aromatic rings. The molecule has 0 fully saturated rings. The van der Waals surface area contributed by atoms with Crippen LogP contribution in [0.25, 0.3) is 0 Å². The van der Waals surface area contributed by atoms with E-state index < -0.39 is 0 Å². The average molecular weight is 234 g/mol. The molecule has 1 N–H and O–H groups in total. The summed E-state index contributed by atoms with van der Waals surface area (Å²) in [6.45, 7) is 6.55. The predicted molar refractivity (Wildman–Crippen MR) is 65.9 cm³/mol. The standard InChI is InChI=1S/C12H18N4O/c1-5-10-11(7-16(4)15-10)13-6-12-14-8(2)9(3)17-12/h7,13H,5-6H2,1-4H3. The van der Waals surface area contributed by atoms with Gasteiger partial charge < -0.3 is 9.73 Å². The Balaban J connectivity index is 2.06. The van der Waals surface area contributed by atoms with Crippen molar-refractivity contribution in [3.63, 3.8) is 0 Å². The summed E-state index contributed by atoms with van der Waals surface area (Å²) >= 11 is 0. The average Bonchev–Trinajstić information content (AvgIpc) is 2.80. The van der Waals surface area contributed by atoms with Gasteiger partial charge in [0.25, 0.3) is 0 Å². The van der Waals surface area contributed by atoms with Crippen LogP contribution in [-0.4, -0.2) is 14.8 Å². The van der Waals surface area contributed by atoms with Gasteiger partial charge in [-0.05, 0) is 20.3 Å². The van der Waals surface area contributed by atoms with Crippen molar-refractivity contribution < 1.29 is 4.42 Å². The lowest BCUT2D eigenvalue weighted by Gasteiger charge is -2.01. The molecule has 92 valence electrons. The van der Waals surface area contributed by atoms with Crippen LogP contribution in [0.4, 0.5) is 5.69 Å². The second-order valence-corrected chi connectivity index (χ2v) is 4.12. The third-order valence-corrected chi connectivity index (χ3v) is 2.74. The van der Waals surface area contributed by atoms with Crippen molar-refractivity contribution in [2.75, 3.05) is 5.32 Å². The van der Waals surface area contributed by atoms with Crippen LogP contribution in [0.5, 0.6) is 0 Å². The number of rotatable bonds is 4. The second kappa shape index (κ2) is 4.61. The fourth-order valence-electron chi connectivity index (χ4n) is 1.73. The maximum Gasteiger partial charge on any atom is 0.213 e. The van der Waals surface area contributed by atoms with Crippen LogP contribution in [0.2, 0.25) is 0 Å². The molecule has 0 radical (unpaired) electrons. The minimum Gasteiger partial charge on any atom is -0.444 e. The molecule has 0 saturated heterocycles. The zero-order chi connectivity index (χ0) is 12.4. The van der Waals surface area contributed by atoms with Gasteiger partial charge in [0.1, 0.15) is 5.76 Å². The summed E-state index contributed by atoms with van der Waals surface area (Å²) in [6, 6.07) is 0. The first-order valence-corrected chi connectivity index (χ1v) is 5.79. The highest BCUT2D eigenvalue weighted by atomic mass is 16.4. The minimum atomic E-state index is 0.591. The number of aryl methyl sites for hydroxylation is 4. The van der Waals surface area contributed by atoms with Gasteiger partial charge in [0.2, 0.25) is 5.89 Å². The summed E-state index contributed by atoms with van der Waals surface area (Å²) in [7, 11) is 1.92. The van der Waals surface area contributed by atoms with Crippen molar-refractivity contribution in [1.82, 2.24) is 14.8 Å². The Morgan fingerprint density at radius 3 is 2.76 bits per heavy atom. The van der Waals surface area contributed by atoms with Gasteiger partial charge in [0, 0.05) is 13.2 Å². The molecule has 0 bridgehead atoms. The van der Waals surface area contributed by atoms with E-state index in [1.54, 1.807) is 0 Å². The number of nitrogens with zero attached hydrogens (tertiary/aromatic N) is 3. The monoisotopic (exact) mass is 234 g/mol. The summed E-state index contributed by atoms with van der Waals surface area (Å²) in [5.74, 6) is 1.59. The van der Waals surface area contributed by atoms with Gasteiger partial charge >= 0.3 is 0 Å². The van der Waals surface area contributed by atoms with Crippen LogP contribution in [0.3, 0.4) is 0 Å². The van der Waals surface area contributed by atoms with E-state index in [2.05, 4.69) is 22.3 Å². The molecule has 5 heteroatoms. The maximum atomic E-state index is 5.52. The van der Waals surface area contributed by atoms with E-state index in [-0.39, 0.29) is 0 Å². The van der Waals surface area contributed by atoms with Crippen LogP contribution in [-0.2, 0) is 20.0 Å². The lowest BCUT2D eigenvalue weighted by atomic mass is 10.3. The van der Waals surface area contributed by atoms with E-state index in [1.165, 1.54) is 0 Å². The predicted octanol–water partition coefficient (Wildman–Crippen LogP) is 2.20. The number of oxazole rings is 1. The fraction of sp³-hybridized carbons (Fsp3) is 0.500. The first-order chi connectivity index (χ1) is 8.10. The largest absolute Gasteiger partial charge is 0.444 e. The molecule has 17 heavy (non-hydrogen) atoms. The van der Waals surface area contributed by atoms with Gasteiger partial charge in [0.15, 0.2) is 0 Å². The highest BCUT2D eigenvalue weighted by molar-refractivity contribution is 5.46. The number of anilines is 1. The molecule has 2 aromatic heterocycles. The van der Waals surface area contributed by atoms with Crippen molar-refractivity contribution >= 4 is 5.69 Å². The number of nitrogens with one attached hydrogen (secondary N) is 1. The second-order valence-electron chi connectivity index (χ2n) is 4.12. The molecule has 0 unspecified atom stereocenters. The fourth-order valence-corrected chi connectivity index (χ4v) is 1.73.